The molecular formula is C21H27N3O5S. The number of amides is 1. The molecule has 2 aromatic rings. The fourth-order valence-corrected chi connectivity index (χ4v) is 4.10. The molecule has 0 spiro atoms. The van der Waals surface area contributed by atoms with Crippen LogP contribution in [0.25, 0.3) is 0 Å². The first-order chi connectivity index (χ1) is 14.5. The highest BCUT2D eigenvalue weighted by molar-refractivity contribution is 7.89. The molecule has 1 aliphatic heterocycles. The van der Waals surface area contributed by atoms with Gasteiger partial charge in [-0.1, -0.05) is 0 Å². The van der Waals surface area contributed by atoms with Gasteiger partial charge in [0, 0.05) is 37.4 Å². The van der Waals surface area contributed by atoms with Gasteiger partial charge in [-0.25, -0.2) is 13.1 Å². The van der Waals surface area contributed by atoms with Crippen LogP contribution in [-0.2, 0) is 19.6 Å². The van der Waals surface area contributed by atoms with E-state index in [9.17, 15) is 13.2 Å². The van der Waals surface area contributed by atoms with Gasteiger partial charge in [-0.3, -0.25) is 4.79 Å². The van der Waals surface area contributed by atoms with Gasteiger partial charge in [0.05, 0.1) is 24.7 Å². The summed E-state index contributed by atoms with van der Waals surface area (Å²) in [5.74, 6) is 0.346. The van der Waals surface area contributed by atoms with E-state index in [1.54, 1.807) is 12.1 Å². The van der Waals surface area contributed by atoms with Crippen molar-refractivity contribution in [2.75, 3.05) is 49.7 Å². The van der Waals surface area contributed by atoms with Crippen LogP contribution in [0.5, 0.6) is 5.75 Å². The summed E-state index contributed by atoms with van der Waals surface area (Å²) in [7, 11) is -3.68. The van der Waals surface area contributed by atoms with Gasteiger partial charge in [0.15, 0.2) is 0 Å². The van der Waals surface area contributed by atoms with Crippen LogP contribution in [0.15, 0.2) is 53.4 Å². The Morgan fingerprint density at radius 3 is 2.37 bits per heavy atom. The standard InChI is InChI=1S/C21H27N3O5S/c1-2-29-19-7-9-20(10-8-19)30(26,27)22-12-11-21(25)23-17-3-5-18(6-4-17)24-13-15-28-16-14-24/h3-10,22H,2,11-16H2,1H3,(H,23,25). The van der Waals surface area contributed by atoms with Crippen LogP contribution in [0.1, 0.15) is 13.3 Å². The summed E-state index contributed by atoms with van der Waals surface area (Å²) in [6.07, 6.45) is 0.0292. The van der Waals surface area contributed by atoms with E-state index in [0.717, 1.165) is 18.8 Å². The third-order valence-electron chi connectivity index (χ3n) is 4.62. The van der Waals surface area contributed by atoms with Gasteiger partial charge in [-0.15, -0.1) is 0 Å². The monoisotopic (exact) mass is 433 g/mol. The van der Waals surface area contributed by atoms with Crippen LogP contribution < -0.4 is 19.7 Å². The van der Waals surface area contributed by atoms with Gasteiger partial charge in [-0.05, 0) is 55.5 Å². The van der Waals surface area contributed by atoms with Crippen molar-refractivity contribution in [2.24, 2.45) is 0 Å². The molecule has 30 heavy (non-hydrogen) atoms. The molecule has 2 N–H and O–H groups in total. The van der Waals surface area contributed by atoms with Crippen molar-refractivity contribution in [3.8, 4) is 5.75 Å². The van der Waals surface area contributed by atoms with Crippen LogP contribution in [0.3, 0.4) is 0 Å². The summed E-state index contributed by atoms with van der Waals surface area (Å²) in [4.78, 5) is 14.5. The Balaban J connectivity index is 1.46. The molecule has 162 valence electrons. The quantitative estimate of drug-likeness (QED) is 0.630. The van der Waals surface area contributed by atoms with Gasteiger partial charge in [0.2, 0.25) is 15.9 Å². The first-order valence-corrected chi connectivity index (χ1v) is 11.4. The molecule has 0 bridgehead atoms. The summed E-state index contributed by atoms with van der Waals surface area (Å²) in [5, 5.41) is 2.79. The van der Waals surface area contributed by atoms with Gasteiger partial charge >= 0.3 is 0 Å². The molecular weight excluding hydrogens is 406 g/mol. The third-order valence-corrected chi connectivity index (χ3v) is 6.09. The highest BCUT2D eigenvalue weighted by Gasteiger charge is 2.15. The lowest BCUT2D eigenvalue weighted by Gasteiger charge is -2.28. The van der Waals surface area contributed by atoms with E-state index in [0.29, 0.717) is 31.3 Å². The lowest BCUT2D eigenvalue weighted by atomic mass is 10.2. The van der Waals surface area contributed by atoms with E-state index in [1.165, 1.54) is 12.1 Å². The molecule has 1 aliphatic rings. The third kappa shape index (κ3) is 6.19. The summed E-state index contributed by atoms with van der Waals surface area (Å²) >= 11 is 0. The Kier molecular flexibility index (Phi) is 7.67. The highest BCUT2D eigenvalue weighted by Crippen LogP contribution is 2.19. The minimum Gasteiger partial charge on any atom is -0.494 e. The van der Waals surface area contributed by atoms with Crippen molar-refractivity contribution in [1.29, 1.82) is 0 Å². The largest absolute Gasteiger partial charge is 0.494 e. The molecule has 1 fully saturated rings. The lowest BCUT2D eigenvalue weighted by molar-refractivity contribution is -0.116. The molecule has 1 amide bonds. The topological polar surface area (TPSA) is 97.0 Å². The zero-order valence-corrected chi connectivity index (χ0v) is 17.8. The maximum atomic E-state index is 12.3. The Morgan fingerprint density at radius 2 is 1.73 bits per heavy atom. The predicted octanol–water partition coefficient (Wildman–Crippen LogP) is 2.23. The number of carbonyl (C=O) groups is 1. The van der Waals surface area contributed by atoms with Crippen molar-refractivity contribution in [2.45, 2.75) is 18.2 Å². The van der Waals surface area contributed by atoms with E-state index in [1.807, 2.05) is 31.2 Å². The number of nitrogens with zero attached hydrogens (tertiary/aromatic N) is 1. The van der Waals surface area contributed by atoms with Crippen LogP contribution in [-0.4, -0.2) is 53.8 Å². The minimum atomic E-state index is -3.68. The second kappa shape index (κ2) is 10.4. The number of sulfonamides is 1. The van der Waals surface area contributed by atoms with Crippen molar-refractivity contribution < 1.29 is 22.7 Å². The summed E-state index contributed by atoms with van der Waals surface area (Å²) in [5.41, 5.74) is 1.76. The molecule has 0 unspecified atom stereocenters. The van der Waals surface area contributed by atoms with Crippen LogP contribution in [0.4, 0.5) is 11.4 Å². The Morgan fingerprint density at radius 1 is 1.07 bits per heavy atom. The molecule has 0 aliphatic carbocycles. The van der Waals surface area contributed by atoms with Gasteiger partial charge in [-0.2, -0.15) is 0 Å². The molecule has 0 radical (unpaired) electrons. The number of anilines is 2. The van der Waals surface area contributed by atoms with Crippen LogP contribution in [0.2, 0.25) is 0 Å². The van der Waals surface area contributed by atoms with E-state index in [4.69, 9.17) is 9.47 Å². The fraction of sp³-hybridized carbons (Fsp3) is 0.381. The maximum absolute atomic E-state index is 12.3. The number of nitrogens with one attached hydrogen (secondary N) is 2. The zero-order chi connectivity index (χ0) is 21.4. The van der Waals surface area contributed by atoms with Gasteiger partial charge in [0.25, 0.3) is 0 Å². The summed E-state index contributed by atoms with van der Waals surface area (Å²) in [6.45, 7) is 5.49. The zero-order valence-electron chi connectivity index (χ0n) is 17.0. The van der Waals surface area contributed by atoms with E-state index >= 15 is 0 Å². The number of ether oxygens (including phenoxy) is 2. The van der Waals surface area contributed by atoms with E-state index < -0.39 is 10.0 Å². The predicted molar refractivity (Wildman–Crippen MR) is 116 cm³/mol. The minimum absolute atomic E-state index is 0.00718. The Labute approximate surface area is 177 Å². The Bertz CT molecular complexity index is 924. The summed E-state index contributed by atoms with van der Waals surface area (Å²) < 4.78 is 37.8. The number of benzene rings is 2. The second-order valence-electron chi connectivity index (χ2n) is 6.75. The van der Waals surface area contributed by atoms with E-state index in [2.05, 4.69) is 14.9 Å². The molecule has 1 heterocycles. The fourth-order valence-electron chi connectivity index (χ4n) is 3.06. The molecule has 0 aromatic heterocycles. The molecule has 1 saturated heterocycles. The van der Waals surface area contributed by atoms with Gasteiger partial charge in [0.1, 0.15) is 5.75 Å². The number of rotatable bonds is 9. The molecule has 0 saturated carbocycles. The Hall–Kier alpha value is -2.62. The number of morpholine rings is 1. The van der Waals surface area contributed by atoms with Gasteiger partial charge < -0.3 is 19.7 Å². The molecule has 3 rings (SSSR count). The van der Waals surface area contributed by atoms with Crippen molar-refractivity contribution >= 4 is 27.3 Å². The first-order valence-electron chi connectivity index (χ1n) is 9.93. The number of hydrogen-bond acceptors (Lipinski definition) is 6. The van der Waals surface area contributed by atoms with Crippen LogP contribution in [0, 0.1) is 0 Å². The SMILES string of the molecule is CCOc1ccc(S(=O)(=O)NCCC(=O)Nc2ccc(N3CCOCC3)cc2)cc1. The normalized spacial score (nSPS) is 14.4. The molecule has 8 nitrogen and oxygen atoms in total. The number of hydrogen-bond donors (Lipinski definition) is 2. The first kappa shape index (κ1) is 22.1. The summed E-state index contributed by atoms with van der Waals surface area (Å²) in [6, 6.07) is 13.7. The van der Waals surface area contributed by atoms with Crippen molar-refractivity contribution in [1.82, 2.24) is 4.72 Å². The average Bonchev–Trinajstić information content (AvgIpc) is 2.75. The highest BCUT2D eigenvalue weighted by atomic mass is 32.2. The maximum Gasteiger partial charge on any atom is 0.240 e. The average molecular weight is 434 g/mol. The molecule has 2 aromatic carbocycles. The van der Waals surface area contributed by atoms with Crippen molar-refractivity contribution in [3.63, 3.8) is 0 Å². The molecule has 0 atom stereocenters. The molecule has 9 heteroatoms. The van der Waals surface area contributed by atoms with Crippen LogP contribution >= 0.6 is 0 Å². The van der Waals surface area contributed by atoms with Crippen molar-refractivity contribution in [3.05, 3.63) is 48.5 Å². The number of carbonyl (C=O) groups excluding carboxylic acids is 1. The van der Waals surface area contributed by atoms with E-state index in [-0.39, 0.29) is 23.8 Å². The lowest BCUT2D eigenvalue weighted by Crippen LogP contribution is -2.36. The smallest absolute Gasteiger partial charge is 0.240 e. The second-order valence-corrected chi connectivity index (χ2v) is 8.51.